The lowest BCUT2D eigenvalue weighted by molar-refractivity contribution is -0.120. The SMILES string of the molecule is CCOc1ccc(S(=O)(=O)N(CC(=O)NC(CC(C)C)c2ccc(OC)cc2)c2ccc(F)cc2)cc1. The predicted molar refractivity (Wildman–Crippen MR) is 142 cm³/mol. The summed E-state index contributed by atoms with van der Waals surface area (Å²) >= 11 is 0. The zero-order valence-corrected chi connectivity index (χ0v) is 22.3. The van der Waals surface area contributed by atoms with Crippen molar-refractivity contribution in [3.63, 3.8) is 0 Å². The fourth-order valence-corrected chi connectivity index (χ4v) is 5.30. The van der Waals surface area contributed by atoms with Crippen LogP contribution < -0.4 is 19.1 Å². The van der Waals surface area contributed by atoms with E-state index < -0.39 is 28.3 Å². The minimum absolute atomic E-state index is 0.0121. The van der Waals surface area contributed by atoms with E-state index in [1.165, 1.54) is 24.3 Å². The fraction of sp³-hybridized carbons (Fsp3) is 0.321. The molecule has 3 rings (SSSR count). The summed E-state index contributed by atoms with van der Waals surface area (Å²) in [5, 5.41) is 2.98. The number of ether oxygens (including phenoxy) is 2. The van der Waals surface area contributed by atoms with Gasteiger partial charge in [0.15, 0.2) is 0 Å². The number of sulfonamides is 1. The van der Waals surface area contributed by atoms with Crippen LogP contribution in [0.15, 0.2) is 77.7 Å². The van der Waals surface area contributed by atoms with Crippen LogP contribution in [0.5, 0.6) is 11.5 Å². The smallest absolute Gasteiger partial charge is 0.264 e. The Bertz CT molecular complexity index is 1260. The molecule has 3 aromatic carbocycles. The quantitative estimate of drug-likeness (QED) is 0.343. The van der Waals surface area contributed by atoms with Gasteiger partial charge in [0.25, 0.3) is 10.0 Å². The molecule has 9 heteroatoms. The number of methoxy groups -OCH3 is 1. The number of nitrogens with zero attached hydrogens (tertiary/aromatic N) is 1. The van der Waals surface area contributed by atoms with Crippen LogP contribution in [0, 0.1) is 11.7 Å². The largest absolute Gasteiger partial charge is 0.497 e. The van der Waals surface area contributed by atoms with E-state index in [0.29, 0.717) is 24.5 Å². The molecule has 1 unspecified atom stereocenters. The van der Waals surface area contributed by atoms with Gasteiger partial charge in [-0.25, -0.2) is 12.8 Å². The van der Waals surface area contributed by atoms with Crippen molar-refractivity contribution in [1.29, 1.82) is 0 Å². The molecule has 0 radical (unpaired) electrons. The molecule has 0 aromatic heterocycles. The molecule has 1 N–H and O–H groups in total. The molecule has 3 aromatic rings. The van der Waals surface area contributed by atoms with Gasteiger partial charge >= 0.3 is 0 Å². The Morgan fingerprint density at radius 3 is 2.08 bits per heavy atom. The van der Waals surface area contributed by atoms with E-state index in [1.54, 1.807) is 19.2 Å². The lowest BCUT2D eigenvalue weighted by atomic mass is 9.97. The monoisotopic (exact) mass is 528 g/mol. The Labute approximate surface area is 218 Å². The molecule has 7 nitrogen and oxygen atoms in total. The lowest BCUT2D eigenvalue weighted by Gasteiger charge is -2.26. The van der Waals surface area contributed by atoms with E-state index in [4.69, 9.17) is 9.47 Å². The number of benzene rings is 3. The van der Waals surface area contributed by atoms with Crippen molar-refractivity contribution in [1.82, 2.24) is 5.32 Å². The average Bonchev–Trinajstić information content (AvgIpc) is 2.88. The third-order valence-electron chi connectivity index (χ3n) is 5.69. The molecule has 0 fully saturated rings. The third kappa shape index (κ3) is 7.45. The molecular weight excluding hydrogens is 495 g/mol. The van der Waals surface area contributed by atoms with Crippen molar-refractivity contribution in [3.05, 3.63) is 84.2 Å². The van der Waals surface area contributed by atoms with Crippen LogP contribution in [0.3, 0.4) is 0 Å². The molecule has 198 valence electrons. The molecule has 1 amide bonds. The van der Waals surface area contributed by atoms with Crippen molar-refractivity contribution < 1.29 is 27.1 Å². The molecule has 0 heterocycles. The van der Waals surface area contributed by atoms with Gasteiger partial charge in [-0.05, 0) is 85.5 Å². The number of amides is 1. The van der Waals surface area contributed by atoms with Gasteiger partial charge in [0.2, 0.25) is 5.91 Å². The first-order valence-electron chi connectivity index (χ1n) is 12.1. The summed E-state index contributed by atoms with van der Waals surface area (Å²) < 4.78 is 52.5. The van der Waals surface area contributed by atoms with Crippen LogP contribution in [0.25, 0.3) is 0 Å². The molecule has 1 atom stereocenters. The van der Waals surface area contributed by atoms with E-state index in [-0.39, 0.29) is 22.5 Å². The Balaban J connectivity index is 1.90. The van der Waals surface area contributed by atoms with Crippen LogP contribution >= 0.6 is 0 Å². The zero-order valence-electron chi connectivity index (χ0n) is 21.5. The Hall–Kier alpha value is -3.59. The average molecular weight is 529 g/mol. The second kappa shape index (κ2) is 12.6. The normalized spacial score (nSPS) is 12.2. The maximum absolute atomic E-state index is 13.6. The summed E-state index contributed by atoms with van der Waals surface area (Å²) in [5.41, 5.74) is 1.06. The molecule has 0 aliphatic rings. The minimum Gasteiger partial charge on any atom is -0.497 e. The third-order valence-corrected chi connectivity index (χ3v) is 7.47. The van der Waals surface area contributed by atoms with E-state index in [1.807, 2.05) is 45.0 Å². The number of nitrogens with one attached hydrogen (secondary N) is 1. The number of carbonyl (C=O) groups is 1. The van der Waals surface area contributed by atoms with Crippen molar-refractivity contribution in [3.8, 4) is 11.5 Å². The van der Waals surface area contributed by atoms with E-state index >= 15 is 0 Å². The van der Waals surface area contributed by atoms with E-state index in [0.717, 1.165) is 22.0 Å². The highest BCUT2D eigenvalue weighted by Gasteiger charge is 2.28. The Morgan fingerprint density at radius 1 is 0.946 bits per heavy atom. The first-order chi connectivity index (χ1) is 17.6. The second-order valence-corrected chi connectivity index (χ2v) is 10.8. The first-order valence-corrected chi connectivity index (χ1v) is 13.5. The van der Waals surface area contributed by atoms with Gasteiger partial charge in [0, 0.05) is 0 Å². The summed E-state index contributed by atoms with van der Waals surface area (Å²) in [6, 6.07) is 18.0. The number of halogens is 1. The van der Waals surface area contributed by atoms with Crippen molar-refractivity contribution in [2.75, 3.05) is 24.6 Å². The Kier molecular flexibility index (Phi) is 9.52. The highest BCUT2D eigenvalue weighted by molar-refractivity contribution is 7.92. The minimum atomic E-state index is -4.15. The van der Waals surface area contributed by atoms with Gasteiger partial charge < -0.3 is 14.8 Å². The van der Waals surface area contributed by atoms with Crippen molar-refractivity contribution >= 4 is 21.6 Å². The van der Waals surface area contributed by atoms with Crippen molar-refractivity contribution in [2.45, 2.75) is 38.1 Å². The molecule has 0 aliphatic carbocycles. The molecule has 0 saturated carbocycles. The van der Waals surface area contributed by atoms with Gasteiger partial charge in [-0.2, -0.15) is 0 Å². The van der Waals surface area contributed by atoms with Crippen LogP contribution in [0.4, 0.5) is 10.1 Å². The number of rotatable bonds is 12. The fourth-order valence-electron chi connectivity index (χ4n) is 3.88. The summed E-state index contributed by atoms with van der Waals surface area (Å²) in [4.78, 5) is 13.3. The van der Waals surface area contributed by atoms with Crippen LogP contribution in [-0.4, -0.2) is 34.6 Å². The summed E-state index contributed by atoms with van der Waals surface area (Å²) in [6.45, 7) is 5.89. The van der Waals surface area contributed by atoms with Gasteiger partial charge in [0.05, 0.1) is 30.3 Å². The second-order valence-electron chi connectivity index (χ2n) is 8.92. The summed E-state index contributed by atoms with van der Waals surface area (Å²) in [6.07, 6.45) is 0.653. The number of hydrogen-bond donors (Lipinski definition) is 1. The number of anilines is 1. The van der Waals surface area contributed by atoms with Gasteiger partial charge in [0.1, 0.15) is 23.9 Å². The summed E-state index contributed by atoms with van der Waals surface area (Å²) in [5.74, 6) is 0.502. The molecular formula is C28H33FN2O5S. The van der Waals surface area contributed by atoms with Crippen LogP contribution in [0.2, 0.25) is 0 Å². The Morgan fingerprint density at radius 2 is 1.54 bits per heavy atom. The molecule has 0 saturated heterocycles. The van der Waals surface area contributed by atoms with Crippen LogP contribution in [-0.2, 0) is 14.8 Å². The first kappa shape index (κ1) is 28.0. The number of hydrogen-bond acceptors (Lipinski definition) is 5. The maximum atomic E-state index is 13.6. The lowest BCUT2D eigenvalue weighted by Crippen LogP contribution is -2.42. The van der Waals surface area contributed by atoms with Gasteiger partial charge in [-0.3, -0.25) is 9.10 Å². The zero-order chi connectivity index (χ0) is 27.0. The van der Waals surface area contributed by atoms with Gasteiger partial charge in [-0.1, -0.05) is 26.0 Å². The predicted octanol–water partition coefficient (Wildman–Crippen LogP) is 5.33. The molecule has 0 bridgehead atoms. The highest BCUT2D eigenvalue weighted by atomic mass is 32.2. The summed E-state index contributed by atoms with van der Waals surface area (Å²) in [7, 11) is -2.57. The maximum Gasteiger partial charge on any atom is 0.264 e. The van der Waals surface area contributed by atoms with E-state index in [9.17, 15) is 17.6 Å². The van der Waals surface area contributed by atoms with Crippen LogP contribution in [0.1, 0.15) is 38.8 Å². The standard InChI is InChI=1S/C28H33FN2O5S/c1-5-36-25-14-16-26(17-15-25)37(33,34)31(23-10-8-22(29)9-11-23)19-28(32)30-27(18-20(2)3)21-6-12-24(35-4)13-7-21/h6-17,20,27H,5,18-19H2,1-4H3,(H,30,32). The van der Waals surface area contributed by atoms with E-state index in [2.05, 4.69) is 5.32 Å². The van der Waals surface area contributed by atoms with Crippen molar-refractivity contribution in [2.24, 2.45) is 5.92 Å². The topological polar surface area (TPSA) is 84.9 Å². The number of carbonyl (C=O) groups excluding carboxylic acids is 1. The molecule has 0 aliphatic heterocycles. The van der Waals surface area contributed by atoms with Gasteiger partial charge in [-0.15, -0.1) is 0 Å². The molecule has 0 spiro atoms. The highest BCUT2D eigenvalue weighted by Crippen LogP contribution is 2.27. The molecule has 37 heavy (non-hydrogen) atoms.